The third kappa shape index (κ3) is 6.74. The van der Waals surface area contributed by atoms with Crippen LogP contribution in [0.3, 0.4) is 0 Å². The van der Waals surface area contributed by atoms with E-state index in [0.29, 0.717) is 58.6 Å². The third-order valence-electron chi connectivity index (χ3n) is 8.61. The summed E-state index contributed by atoms with van der Waals surface area (Å²) >= 11 is 1.27. The maximum Gasteiger partial charge on any atom is 0.387 e. The van der Waals surface area contributed by atoms with Crippen LogP contribution in [-0.2, 0) is 14.4 Å². The van der Waals surface area contributed by atoms with Crippen LogP contribution in [-0.4, -0.2) is 52.1 Å². The molecule has 1 aromatic carbocycles. The van der Waals surface area contributed by atoms with Crippen molar-refractivity contribution >= 4 is 40.1 Å². The van der Waals surface area contributed by atoms with Crippen LogP contribution in [0.2, 0.25) is 0 Å². The number of carboxylic acid groups (broad SMARTS) is 1. The molecule has 1 N–H and O–H groups in total. The number of benzene rings is 1. The van der Waals surface area contributed by atoms with Crippen LogP contribution in [0.15, 0.2) is 41.9 Å². The van der Waals surface area contributed by atoms with Gasteiger partial charge in [0, 0.05) is 47.6 Å². The number of aliphatic carboxylic acids is 1. The average Bonchev–Trinajstić information content (AvgIpc) is 3.33. The van der Waals surface area contributed by atoms with E-state index in [0.717, 1.165) is 44.9 Å². The molecular weight excluding hydrogens is 590 g/mol. The Hall–Kier alpha value is -3.93. The van der Waals surface area contributed by atoms with Gasteiger partial charge in [0.15, 0.2) is 5.13 Å². The number of rotatable bonds is 12. The number of aromatic nitrogens is 2. The number of amides is 2. The fraction of sp³-hybridized carbons (Fsp3) is 0.469. The first kappa shape index (κ1) is 30.1. The second-order valence-electron chi connectivity index (χ2n) is 11.8. The summed E-state index contributed by atoms with van der Waals surface area (Å²) in [6.07, 6.45) is 9.09. The van der Waals surface area contributed by atoms with Gasteiger partial charge in [0.2, 0.25) is 11.8 Å². The first-order valence-corrected chi connectivity index (χ1v) is 16.0. The molecule has 2 amide bonds. The summed E-state index contributed by atoms with van der Waals surface area (Å²) in [7, 11) is 0. The molecule has 3 aliphatic rings. The molecule has 1 saturated heterocycles. The van der Waals surface area contributed by atoms with Crippen LogP contribution in [0, 0.1) is 11.8 Å². The Labute approximate surface area is 257 Å². The molecule has 3 heterocycles. The van der Waals surface area contributed by atoms with Gasteiger partial charge in [-0.1, -0.05) is 25.7 Å². The maximum absolute atomic E-state index is 13.9. The quantitative estimate of drug-likeness (QED) is 0.237. The molecule has 3 aromatic rings. The monoisotopic (exact) mass is 624 g/mol. The van der Waals surface area contributed by atoms with Crippen LogP contribution in [0.1, 0.15) is 64.2 Å². The zero-order chi connectivity index (χ0) is 30.8. The molecular formula is C32H34F2N4O5S. The topological polar surface area (TPSA) is 113 Å². The van der Waals surface area contributed by atoms with E-state index in [1.165, 1.54) is 23.5 Å². The van der Waals surface area contributed by atoms with E-state index in [1.807, 2.05) is 6.07 Å². The second-order valence-corrected chi connectivity index (χ2v) is 12.6. The number of halogens is 2. The Bertz CT molecular complexity index is 1520. The number of thiazole rings is 1. The standard InChI is InChI=1S/C32H34F2N4O5S/c33-31(34)43-23-10-11-24(20-7-12-27(35-17-20)37-13-3-6-28(37)39)25(16-23)26-18-44-32(36-26)38(22-8-9-22)30(42)21(15-29(40)41)14-19-4-1-2-5-19/h7,10-12,16-19,21-22,31H,1-6,8-9,13-15H2,(H,40,41)/t21-/m1/s1. The molecule has 232 valence electrons. The lowest BCUT2D eigenvalue weighted by molar-refractivity contribution is -0.141. The van der Waals surface area contributed by atoms with Gasteiger partial charge in [-0.2, -0.15) is 8.78 Å². The van der Waals surface area contributed by atoms with Crippen molar-refractivity contribution in [3.8, 4) is 28.1 Å². The Morgan fingerprint density at radius 1 is 1.09 bits per heavy atom. The smallest absolute Gasteiger partial charge is 0.387 e. The number of nitrogens with zero attached hydrogens (tertiary/aromatic N) is 4. The van der Waals surface area contributed by atoms with E-state index in [1.54, 1.807) is 33.5 Å². The lowest BCUT2D eigenvalue weighted by atomic mass is 9.90. The van der Waals surface area contributed by atoms with E-state index in [2.05, 4.69) is 4.98 Å². The minimum atomic E-state index is -3.01. The molecule has 2 aliphatic carbocycles. The summed E-state index contributed by atoms with van der Waals surface area (Å²) in [5.74, 6) is -0.945. The zero-order valence-corrected chi connectivity index (χ0v) is 25.0. The average molecular weight is 625 g/mol. The summed E-state index contributed by atoms with van der Waals surface area (Å²) in [4.78, 5) is 50.5. The highest BCUT2D eigenvalue weighted by Crippen LogP contribution is 2.42. The first-order chi connectivity index (χ1) is 21.3. The molecule has 0 spiro atoms. The number of carbonyl (C=O) groups excluding carboxylic acids is 2. The SMILES string of the molecule is O=C(O)C[C@@H](CC1CCCC1)C(=O)N(c1nc(-c2cc(OC(F)F)ccc2-c2ccc(N3CCCC3=O)nc2)cs1)C1CC1. The van der Waals surface area contributed by atoms with Crippen LogP contribution >= 0.6 is 11.3 Å². The van der Waals surface area contributed by atoms with Crippen LogP contribution in [0.25, 0.3) is 22.4 Å². The number of hydrogen-bond acceptors (Lipinski definition) is 7. The van der Waals surface area contributed by atoms with Gasteiger partial charge in [-0.3, -0.25) is 24.2 Å². The molecule has 12 heteroatoms. The molecule has 0 unspecified atom stereocenters. The van der Waals surface area contributed by atoms with Gasteiger partial charge >= 0.3 is 12.6 Å². The normalized spacial score (nSPS) is 17.8. The minimum absolute atomic E-state index is 0.0260. The third-order valence-corrected chi connectivity index (χ3v) is 9.45. The van der Waals surface area contributed by atoms with Crippen LogP contribution in [0.5, 0.6) is 5.75 Å². The van der Waals surface area contributed by atoms with Gasteiger partial charge in [0.05, 0.1) is 12.1 Å². The summed E-state index contributed by atoms with van der Waals surface area (Å²) < 4.78 is 31.0. The Balaban J connectivity index is 1.32. The van der Waals surface area contributed by atoms with E-state index < -0.39 is 18.5 Å². The number of alkyl halides is 2. The number of pyridine rings is 1. The number of carboxylic acids is 1. The number of anilines is 2. The largest absolute Gasteiger partial charge is 0.481 e. The Morgan fingerprint density at radius 2 is 1.89 bits per heavy atom. The van der Waals surface area contributed by atoms with Crippen molar-refractivity contribution in [1.82, 2.24) is 9.97 Å². The van der Waals surface area contributed by atoms with E-state index in [4.69, 9.17) is 9.72 Å². The summed E-state index contributed by atoms with van der Waals surface area (Å²) in [6.45, 7) is -2.39. The lowest BCUT2D eigenvalue weighted by Crippen LogP contribution is -2.39. The van der Waals surface area contributed by atoms with Gasteiger partial charge in [0.25, 0.3) is 0 Å². The summed E-state index contributed by atoms with van der Waals surface area (Å²) in [5, 5.41) is 11.8. The first-order valence-electron chi connectivity index (χ1n) is 15.1. The maximum atomic E-state index is 13.9. The molecule has 2 aromatic heterocycles. The summed E-state index contributed by atoms with van der Waals surface area (Å²) in [5.41, 5.74) is 2.36. The van der Waals surface area contributed by atoms with Gasteiger partial charge in [-0.25, -0.2) is 9.97 Å². The predicted octanol–water partition coefficient (Wildman–Crippen LogP) is 6.77. The predicted molar refractivity (Wildman–Crippen MR) is 162 cm³/mol. The number of carbonyl (C=O) groups is 3. The van der Waals surface area contributed by atoms with Gasteiger partial charge in [0.1, 0.15) is 11.6 Å². The molecule has 9 nitrogen and oxygen atoms in total. The molecule has 6 rings (SSSR count). The van der Waals surface area contributed by atoms with Crippen LogP contribution < -0.4 is 14.5 Å². The Kier molecular flexibility index (Phi) is 8.88. The molecule has 0 radical (unpaired) electrons. The van der Waals surface area contributed by atoms with E-state index >= 15 is 0 Å². The minimum Gasteiger partial charge on any atom is -0.481 e. The molecule has 0 bridgehead atoms. The number of hydrogen-bond donors (Lipinski definition) is 1. The van der Waals surface area contributed by atoms with E-state index in [9.17, 15) is 28.3 Å². The fourth-order valence-electron chi connectivity index (χ4n) is 6.35. The molecule has 3 fully saturated rings. The molecule has 1 atom stereocenters. The Morgan fingerprint density at radius 3 is 2.52 bits per heavy atom. The van der Waals surface area contributed by atoms with Crippen molar-refractivity contribution < 1.29 is 33.0 Å². The molecule has 1 aliphatic heterocycles. The van der Waals surface area contributed by atoms with Gasteiger partial charge < -0.3 is 9.84 Å². The second kappa shape index (κ2) is 13.0. The van der Waals surface area contributed by atoms with Crippen molar-refractivity contribution in [3.05, 3.63) is 41.9 Å². The van der Waals surface area contributed by atoms with Crippen molar-refractivity contribution in [2.45, 2.75) is 76.9 Å². The highest BCUT2D eigenvalue weighted by Gasteiger charge is 2.40. The van der Waals surface area contributed by atoms with Crippen molar-refractivity contribution in [2.24, 2.45) is 11.8 Å². The zero-order valence-electron chi connectivity index (χ0n) is 24.2. The van der Waals surface area contributed by atoms with Crippen molar-refractivity contribution in [3.63, 3.8) is 0 Å². The van der Waals surface area contributed by atoms with Crippen LogP contribution in [0.4, 0.5) is 19.7 Å². The van der Waals surface area contributed by atoms with Gasteiger partial charge in [-0.15, -0.1) is 11.3 Å². The van der Waals surface area contributed by atoms with E-state index in [-0.39, 0.29) is 30.0 Å². The lowest BCUT2D eigenvalue weighted by Gasteiger charge is -2.26. The van der Waals surface area contributed by atoms with Crippen molar-refractivity contribution in [1.29, 1.82) is 0 Å². The highest BCUT2D eigenvalue weighted by atomic mass is 32.1. The van der Waals surface area contributed by atoms with Gasteiger partial charge in [-0.05, 0) is 67.5 Å². The van der Waals surface area contributed by atoms with Crippen molar-refractivity contribution in [2.75, 3.05) is 16.3 Å². The number of ether oxygens (including phenoxy) is 1. The fourth-order valence-corrected chi connectivity index (χ4v) is 7.25. The highest BCUT2D eigenvalue weighted by molar-refractivity contribution is 7.14. The molecule has 2 saturated carbocycles. The molecule has 44 heavy (non-hydrogen) atoms. The summed E-state index contributed by atoms with van der Waals surface area (Å²) in [6, 6.07) is 8.16.